The average molecular weight is 277 g/mol. The fourth-order valence-electron chi connectivity index (χ4n) is 2.40. The Kier molecular flexibility index (Phi) is 3.75. The van der Waals surface area contributed by atoms with E-state index in [0.29, 0.717) is 30.4 Å². The summed E-state index contributed by atoms with van der Waals surface area (Å²) in [5, 5.41) is 13.6. The van der Waals surface area contributed by atoms with E-state index in [2.05, 4.69) is 15.0 Å². The van der Waals surface area contributed by atoms with E-state index in [-0.39, 0.29) is 11.9 Å². The molecule has 0 radical (unpaired) electrons. The zero-order chi connectivity index (χ0) is 13.9. The van der Waals surface area contributed by atoms with E-state index < -0.39 is 0 Å². The van der Waals surface area contributed by atoms with Gasteiger partial charge in [0.05, 0.1) is 12.6 Å². The third-order valence-electron chi connectivity index (χ3n) is 3.40. The second kappa shape index (κ2) is 5.68. The number of halogens is 1. The Morgan fingerprint density at radius 2 is 2.15 bits per heavy atom. The van der Waals surface area contributed by atoms with Crippen LogP contribution in [-0.4, -0.2) is 39.3 Å². The van der Waals surface area contributed by atoms with Crippen molar-refractivity contribution in [3.8, 4) is 11.5 Å². The van der Waals surface area contributed by atoms with Gasteiger partial charge in [-0.3, -0.25) is 4.90 Å². The normalized spacial score (nSPS) is 20.2. The van der Waals surface area contributed by atoms with Crippen molar-refractivity contribution in [3.05, 3.63) is 35.9 Å². The van der Waals surface area contributed by atoms with Gasteiger partial charge in [-0.25, -0.2) is 4.39 Å². The molecule has 6 heteroatoms. The van der Waals surface area contributed by atoms with Crippen LogP contribution in [0.15, 0.2) is 28.8 Å². The van der Waals surface area contributed by atoms with Gasteiger partial charge in [0, 0.05) is 12.1 Å². The van der Waals surface area contributed by atoms with E-state index in [4.69, 9.17) is 4.52 Å². The molecular formula is C14H16FN3O2. The summed E-state index contributed by atoms with van der Waals surface area (Å²) in [6.45, 7) is 2.12. The number of likely N-dealkylation sites (tertiary alicyclic amines) is 1. The molecule has 2 aromatic rings. The van der Waals surface area contributed by atoms with Crippen LogP contribution in [0.5, 0.6) is 0 Å². The van der Waals surface area contributed by atoms with Gasteiger partial charge in [0.15, 0.2) is 5.82 Å². The molecule has 0 bridgehead atoms. The van der Waals surface area contributed by atoms with Crippen molar-refractivity contribution in [1.29, 1.82) is 0 Å². The lowest BCUT2D eigenvalue weighted by Crippen LogP contribution is -2.37. The number of β-amino-alcohol motifs (C(OH)–C–C–N with tert-alkyl or cyclic N) is 1. The number of aliphatic hydroxyl groups excluding tert-OH is 1. The molecule has 1 aliphatic rings. The van der Waals surface area contributed by atoms with Crippen molar-refractivity contribution < 1.29 is 14.0 Å². The molecule has 1 N–H and O–H groups in total. The Morgan fingerprint density at radius 3 is 2.90 bits per heavy atom. The van der Waals surface area contributed by atoms with E-state index in [0.717, 1.165) is 19.4 Å². The van der Waals surface area contributed by atoms with Gasteiger partial charge < -0.3 is 9.63 Å². The van der Waals surface area contributed by atoms with Crippen LogP contribution in [0.4, 0.5) is 4.39 Å². The third kappa shape index (κ3) is 3.02. The number of aliphatic hydroxyl groups is 1. The van der Waals surface area contributed by atoms with Gasteiger partial charge >= 0.3 is 0 Å². The fourth-order valence-corrected chi connectivity index (χ4v) is 2.40. The van der Waals surface area contributed by atoms with Crippen LogP contribution < -0.4 is 0 Å². The minimum atomic E-state index is -0.296. The second-order valence-electron chi connectivity index (χ2n) is 5.05. The van der Waals surface area contributed by atoms with Gasteiger partial charge in [0.1, 0.15) is 5.82 Å². The summed E-state index contributed by atoms with van der Waals surface area (Å²) in [5.74, 6) is 0.673. The predicted molar refractivity (Wildman–Crippen MR) is 70.2 cm³/mol. The summed E-state index contributed by atoms with van der Waals surface area (Å²) >= 11 is 0. The van der Waals surface area contributed by atoms with E-state index in [1.165, 1.54) is 12.1 Å². The molecule has 1 aliphatic heterocycles. The van der Waals surface area contributed by atoms with Crippen molar-refractivity contribution in [2.45, 2.75) is 25.5 Å². The topological polar surface area (TPSA) is 62.4 Å². The predicted octanol–water partition coefficient (Wildman–Crippen LogP) is 1.83. The quantitative estimate of drug-likeness (QED) is 0.927. The molecule has 1 unspecified atom stereocenters. The largest absolute Gasteiger partial charge is 0.392 e. The molecule has 106 valence electrons. The maximum absolute atomic E-state index is 12.9. The first kappa shape index (κ1) is 13.2. The molecular weight excluding hydrogens is 261 g/mol. The van der Waals surface area contributed by atoms with Gasteiger partial charge in [-0.05, 0) is 43.7 Å². The number of aromatic nitrogens is 2. The van der Waals surface area contributed by atoms with Crippen LogP contribution in [0.3, 0.4) is 0 Å². The van der Waals surface area contributed by atoms with Gasteiger partial charge in [-0.2, -0.15) is 4.98 Å². The first-order valence-corrected chi connectivity index (χ1v) is 6.69. The second-order valence-corrected chi connectivity index (χ2v) is 5.05. The van der Waals surface area contributed by atoms with E-state index >= 15 is 0 Å². The molecule has 1 atom stereocenters. The van der Waals surface area contributed by atoms with E-state index in [1.807, 2.05) is 0 Å². The highest BCUT2D eigenvalue weighted by Gasteiger charge is 2.19. The Balaban J connectivity index is 1.69. The molecule has 1 fully saturated rings. The minimum absolute atomic E-state index is 0.271. The van der Waals surface area contributed by atoms with E-state index in [9.17, 15) is 9.50 Å². The van der Waals surface area contributed by atoms with Crippen molar-refractivity contribution in [2.75, 3.05) is 13.1 Å². The zero-order valence-electron chi connectivity index (χ0n) is 11.0. The van der Waals surface area contributed by atoms with Crippen molar-refractivity contribution >= 4 is 0 Å². The smallest absolute Gasteiger partial charge is 0.257 e. The molecule has 5 nitrogen and oxygen atoms in total. The number of rotatable bonds is 3. The highest BCUT2D eigenvalue weighted by molar-refractivity contribution is 5.52. The van der Waals surface area contributed by atoms with E-state index in [1.54, 1.807) is 12.1 Å². The summed E-state index contributed by atoms with van der Waals surface area (Å²) in [5.41, 5.74) is 0.698. The minimum Gasteiger partial charge on any atom is -0.392 e. The number of nitrogens with zero attached hydrogens (tertiary/aromatic N) is 3. The summed E-state index contributed by atoms with van der Waals surface area (Å²) in [6, 6.07) is 5.94. The Bertz CT molecular complexity index is 570. The van der Waals surface area contributed by atoms with Gasteiger partial charge in [0.25, 0.3) is 5.89 Å². The molecule has 0 amide bonds. The van der Waals surface area contributed by atoms with Crippen LogP contribution in [0.25, 0.3) is 11.5 Å². The van der Waals surface area contributed by atoms with Crippen molar-refractivity contribution in [3.63, 3.8) is 0 Å². The van der Waals surface area contributed by atoms with Gasteiger partial charge in [-0.15, -0.1) is 0 Å². The zero-order valence-corrected chi connectivity index (χ0v) is 11.0. The van der Waals surface area contributed by atoms with Crippen LogP contribution in [0.2, 0.25) is 0 Å². The van der Waals surface area contributed by atoms with Crippen LogP contribution in [0.1, 0.15) is 18.7 Å². The highest BCUT2D eigenvalue weighted by atomic mass is 19.1. The van der Waals surface area contributed by atoms with Crippen LogP contribution in [0, 0.1) is 5.82 Å². The van der Waals surface area contributed by atoms with Gasteiger partial charge in [0.2, 0.25) is 0 Å². The molecule has 20 heavy (non-hydrogen) atoms. The standard InChI is InChI=1S/C14H16FN3O2/c15-11-5-3-10(4-6-11)14-16-13(17-20-14)9-18-7-1-2-12(19)8-18/h3-6,12,19H,1-2,7-9H2. The van der Waals surface area contributed by atoms with Crippen molar-refractivity contribution in [1.82, 2.24) is 15.0 Å². The molecule has 3 rings (SSSR count). The van der Waals surface area contributed by atoms with Crippen molar-refractivity contribution in [2.24, 2.45) is 0 Å². The average Bonchev–Trinajstić information content (AvgIpc) is 2.88. The summed E-state index contributed by atoms with van der Waals surface area (Å²) < 4.78 is 18.0. The summed E-state index contributed by atoms with van der Waals surface area (Å²) in [4.78, 5) is 6.41. The van der Waals surface area contributed by atoms with Gasteiger partial charge in [-0.1, -0.05) is 5.16 Å². The third-order valence-corrected chi connectivity index (χ3v) is 3.40. The Hall–Kier alpha value is -1.79. The molecule has 0 saturated carbocycles. The SMILES string of the molecule is OC1CCCN(Cc2noc(-c3ccc(F)cc3)n2)C1. The number of benzene rings is 1. The van der Waals surface area contributed by atoms with Crippen LogP contribution in [-0.2, 0) is 6.54 Å². The molecule has 1 aromatic carbocycles. The first-order chi connectivity index (χ1) is 9.70. The molecule has 0 aliphatic carbocycles. The fraction of sp³-hybridized carbons (Fsp3) is 0.429. The Morgan fingerprint density at radius 1 is 1.35 bits per heavy atom. The molecule has 0 spiro atoms. The Labute approximate surface area is 116 Å². The van der Waals surface area contributed by atoms with Crippen LogP contribution >= 0.6 is 0 Å². The molecule has 1 aromatic heterocycles. The lowest BCUT2D eigenvalue weighted by Gasteiger charge is -2.28. The summed E-state index contributed by atoms with van der Waals surface area (Å²) in [6.07, 6.45) is 1.56. The summed E-state index contributed by atoms with van der Waals surface area (Å²) in [7, 11) is 0. The highest BCUT2D eigenvalue weighted by Crippen LogP contribution is 2.18. The molecule has 2 heterocycles. The number of hydrogen-bond donors (Lipinski definition) is 1. The lowest BCUT2D eigenvalue weighted by molar-refractivity contribution is 0.0651. The molecule has 1 saturated heterocycles. The maximum atomic E-state index is 12.9. The number of hydrogen-bond acceptors (Lipinski definition) is 5. The number of piperidine rings is 1. The lowest BCUT2D eigenvalue weighted by atomic mass is 10.1. The maximum Gasteiger partial charge on any atom is 0.257 e. The monoisotopic (exact) mass is 277 g/mol. The first-order valence-electron chi connectivity index (χ1n) is 6.69.